The van der Waals surface area contributed by atoms with Crippen LogP contribution in [-0.4, -0.2) is 23.3 Å². The van der Waals surface area contributed by atoms with Crippen molar-refractivity contribution in [1.82, 2.24) is 0 Å². The normalized spacial score (nSPS) is 15.5. The molecule has 1 aliphatic heterocycles. The Balaban J connectivity index is 1.58. The maximum Gasteiger partial charge on any atom is 0.271 e. The zero-order valence-electron chi connectivity index (χ0n) is 14.0. The minimum atomic E-state index is -0.463. The van der Waals surface area contributed by atoms with Gasteiger partial charge >= 0.3 is 0 Å². The lowest BCUT2D eigenvalue weighted by Crippen LogP contribution is -2.29. The Kier molecular flexibility index (Phi) is 3.91. The van der Waals surface area contributed by atoms with E-state index in [1.165, 1.54) is 12.1 Å². The van der Waals surface area contributed by atoms with E-state index in [9.17, 15) is 19.7 Å². The molecule has 4 rings (SSSR count). The lowest BCUT2D eigenvalue weighted by Gasteiger charge is -2.18. The van der Waals surface area contributed by atoms with E-state index in [0.717, 1.165) is 18.4 Å². The van der Waals surface area contributed by atoms with Crippen LogP contribution >= 0.6 is 0 Å². The van der Waals surface area contributed by atoms with Gasteiger partial charge in [0.2, 0.25) is 5.91 Å². The molecule has 2 amide bonds. The van der Waals surface area contributed by atoms with Crippen LogP contribution in [0.25, 0.3) is 0 Å². The molecule has 2 aromatic carbocycles. The zero-order chi connectivity index (χ0) is 18.3. The van der Waals surface area contributed by atoms with Crippen molar-refractivity contribution < 1.29 is 14.5 Å². The monoisotopic (exact) mass is 351 g/mol. The third kappa shape index (κ3) is 3.03. The summed E-state index contributed by atoms with van der Waals surface area (Å²) in [6.07, 6.45) is 2.48. The molecule has 1 N–H and O–H groups in total. The Bertz CT molecular complexity index is 921. The fourth-order valence-electron chi connectivity index (χ4n) is 3.17. The maximum atomic E-state index is 12.9. The molecule has 0 radical (unpaired) electrons. The molecule has 132 valence electrons. The van der Waals surface area contributed by atoms with Crippen molar-refractivity contribution in [1.29, 1.82) is 0 Å². The lowest BCUT2D eigenvalue weighted by atomic mass is 10.1. The first-order valence-corrected chi connectivity index (χ1v) is 8.53. The van der Waals surface area contributed by atoms with Gasteiger partial charge in [-0.05, 0) is 43.0 Å². The molecule has 1 fully saturated rings. The summed E-state index contributed by atoms with van der Waals surface area (Å²) in [6.45, 7) is 0.480. The highest BCUT2D eigenvalue weighted by Gasteiger charge is 2.30. The molecule has 0 unspecified atom stereocenters. The van der Waals surface area contributed by atoms with Gasteiger partial charge in [-0.25, -0.2) is 0 Å². The number of non-ortho nitro benzene ring substituents is 1. The van der Waals surface area contributed by atoms with E-state index in [0.29, 0.717) is 29.9 Å². The van der Waals surface area contributed by atoms with E-state index >= 15 is 0 Å². The molecule has 2 aromatic rings. The fraction of sp³-hybridized carbons (Fsp3) is 0.263. The Labute approximate surface area is 149 Å². The van der Waals surface area contributed by atoms with Gasteiger partial charge in [-0.2, -0.15) is 0 Å². The van der Waals surface area contributed by atoms with Crippen LogP contribution in [0.5, 0.6) is 0 Å². The first-order valence-electron chi connectivity index (χ1n) is 8.53. The highest BCUT2D eigenvalue weighted by molar-refractivity contribution is 6.08. The van der Waals surface area contributed by atoms with Gasteiger partial charge in [0.15, 0.2) is 0 Å². The number of fused-ring (bicyclic) bond motifs is 1. The second kappa shape index (κ2) is 6.25. The van der Waals surface area contributed by atoms with E-state index in [2.05, 4.69) is 5.32 Å². The number of nitrogens with one attached hydrogen (secondary N) is 1. The average molecular weight is 351 g/mol. The number of carbonyl (C=O) groups excluding carboxylic acids is 2. The number of hydrogen-bond donors (Lipinski definition) is 1. The quantitative estimate of drug-likeness (QED) is 0.676. The highest BCUT2D eigenvalue weighted by atomic mass is 16.6. The SMILES string of the molecule is O=C(Nc1cccc(C(=O)N2CCc3ccc([N+](=O)[O-])cc32)c1)C1CC1. The molecule has 7 heteroatoms. The molecule has 7 nitrogen and oxygen atoms in total. The first kappa shape index (κ1) is 16.3. The molecule has 1 aliphatic carbocycles. The first-order chi connectivity index (χ1) is 12.5. The molecule has 0 saturated heterocycles. The third-order valence-corrected chi connectivity index (χ3v) is 4.75. The van der Waals surface area contributed by atoms with Gasteiger partial charge in [0.25, 0.3) is 11.6 Å². The van der Waals surface area contributed by atoms with Crippen LogP contribution in [0.4, 0.5) is 17.1 Å². The number of nitro groups is 1. The smallest absolute Gasteiger partial charge is 0.271 e. The van der Waals surface area contributed by atoms with Crippen molar-refractivity contribution in [2.45, 2.75) is 19.3 Å². The molecule has 0 aromatic heterocycles. The third-order valence-electron chi connectivity index (χ3n) is 4.75. The maximum absolute atomic E-state index is 12.9. The Hall–Kier alpha value is -3.22. The van der Waals surface area contributed by atoms with E-state index in [4.69, 9.17) is 0 Å². The highest BCUT2D eigenvalue weighted by Crippen LogP contribution is 2.33. The van der Waals surface area contributed by atoms with Crippen molar-refractivity contribution in [3.63, 3.8) is 0 Å². The summed E-state index contributed by atoms with van der Waals surface area (Å²) in [5, 5.41) is 13.9. The van der Waals surface area contributed by atoms with Gasteiger partial charge in [-0.15, -0.1) is 0 Å². The fourth-order valence-corrected chi connectivity index (χ4v) is 3.17. The predicted octanol–water partition coefficient (Wildman–Crippen LogP) is 3.15. The second-order valence-corrected chi connectivity index (χ2v) is 6.62. The van der Waals surface area contributed by atoms with Crippen molar-refractivity contribution in [2.24, 2.45) is 5.92 Å². The summed E-state index contributed by atoms with van der Waals surface area (Å²) >= 11 is 0. The number of amides is 2. The minimum absolute atomic E-state index is 0.0169. The molecule has 1 saturated carbocycles. The zero-order valence-corrected chi connectivity index (χ0v) is 14.0. The summed E-state index contributed by atoms with van der Waals surface area (Å²) < 4.78 is 0. The topological polar surface area (TPSA) is 92.6 Å². The van der Waals surface area contributed by atoms with E-state index in [1.54, 1.807) is 35.2 Å². The molecule has 0 spiro atoms. The summed E-state index contributed by atoms with van der Waals surface area (Å²) in [5.41, 5.74) is 2.50. The Morgan fingerprint density at radius 3 is 2.69 bits per heavy atom. The molecular formula is C19H17N3O4. The van der Waals surface area contributed by atoms with E-state index in [1.807, 2.05) is 0 Å². The van der Waals surface area contributed by atoms with Crippen molar-refractivity contribution in [2.75, 3.05) is 16.8 Å². The van der Waals surface area contributed by atoms with Gasteiger partial charge in [-0.3, -0.25) is 19.7 Å². The summed E-state index contributed by atoms with van der Waals surface area (Å²) in [5.74, 6) is -0.163. The Morgan fingerprint density at radius 1 is 1.15 bits per heavy atom. The number of benzene rings is 2. The molecule has 2 aliphatic rings. The minimum Gasteiger partial charge on any atom is -0.326 e. The Morgan fingerprint density at radius 2 is 1.96 bits per heavy atom. The van der Waals surface area contributed by atoms with Gasteiger partial charge < -0.3 is 10.2 Å². The summed E-state index contributed by atoms with van der Waals surface area (Å²) in [6, 6.07) is 11.4. The molecular weight excluding hydrogens is 334 g/mol. The molecule has 26 heavy (non-hydrogen) atoms. The van der Waals surface area contributed by atoms with Gasteiger partial charge in [0.05, 0.1) is 10.6 Å². The standard InChI is InChI=1S/C19H17N3O4/c23-18(13-4-5-13)20-15-3-1-2-14(10-15)19(24)21-9-8-12-6-7-16(22(25)26)11-17(12)21/h1-3,6-7,10-11,13H,4-5,8-9H2,(H,20,23). The van der Waals surface area contributed by atoms with Gasteiger partial charge in [0, 0.05) is 35.8 Å². The van der Waals surface area contributed by atoms with E-state index in [-0.39, 0.29) is 23.4 Å². The molecule has 1 heterocycles. The number of rotatable bonds is 4. The van der Waals surface area contributed by atoms with E-state index < -0.39 is 4.92 Å². The van der Waals surface area contributed by atoms with Crippen molar-refractivity contribution >= 4 is 28.9 Å². The van der Waals surface area contributed by atoms with Crippen LogP contribution in [0.15, 0.2) is 42.5 Å². The second-order valence-electron chi connectivity index (χ2n) is 6.62. The van der Waals surface area contributed by atoms with Crippen LogP contribution in [0.1, 0.15) is 28.8 Å². The van der Waals surface area contributed by atoms with Crippen LogP contribution < -0.4 is 10.2 Å². The number of hydrogen-bond acceptors (Lipinski definition) is 4. The van der Waals surface area contributed by atoms with Crippen LogP contribution in [-0.2, 0) is 11.2 Å². The summed E-state index contributed by atoms with van der Waals surface area (Å²) in [4.78, 5) is 36.9. The van der Waals surface area contributed by atoms with Crippen molar-refractivity contribution in [3.05, 3.63) is 63.7 Å². The molecule has 0 bridgehead atoms. The predicted molar refractivity (Wildman–Crippen MR) is 96.3 cm³/mol. The lowest BCUT2D eigenvalue weighted by molar-refractivity contribution is -0.384. The molecule has 0 atom stereocenters. The van der Waals surface area contributed by atoms with Gasteiger partial charge in [0.1, 0.15) is 0 Å². The number of nitrogens with zero attached hydrogens (tertiary/aromatic N) is 2. The number of nitro benzene ring substituents is 1. The van der Waals surface area contributed by atoms with Crippen LogP contribution in [0.3, 0.4) is 0 Å². The van der Waals surface area contributed by atoms with Crippen LogP contribution in [0.2, 0.25) is 0 Å². The number of carbonyl (C=O) groups is 2. The number of anilines is 2. The average Bonchev–Trinajstić information content (AvgIpc) is 3.41. The summed E-state index contributed by atoms with van der Waals surface area (Å²) in [7, 11) is 0. The van der Waals surface area contributed by atoms with Crippen LogP contribution in [0, 0.1) is 16.0 Å². The largest absolute Gasteiger partial charge is 0.326 e. The van der Waals surface area contributed by atoms with Gasteiger partial charge in [-0.1, -0.05) is 12.1 Å². The van der Waals surface area contributed by atoms with Crippen molar-refractivity contribution in [3.8, 4) is 0 Å².